The van der Waals surface area contributed by atoms with Gasteiger partial charge < -0.3 is 9.94 Å². The Labute approximate surface area is 67.9 Å². The fourth-order valence-corrected chi connectivity index (χ4v) is 0.916. The van der Waals surface area contributed by atoms with Gasteiger partial charge in [0.25, 0.3) is 0 Å². The molecule has 2 rings (SSSR count). The predicted octanol–water partition coefficient (Wildman–Crippen LogP) is -1.05. The third kappa shape index (κ3) is 1.02. The standard InChI is InChI=1S/C6H8N4O2/c11-1-2-12-10-8-4-6-3-7-5-9(6)10/h3-5,11H,1-2H2. The zero-order valence-electron chi connectivity index (χ0n) is 6.29. The molecule has 0 saturated heterocycles. The molecule has 64 valence electrons. The third-order valence-corrected chi connectivity index (χ3v) is 1.42. The maximum atomic E-state index is 8.50. The first-order valence-electron chi connectivity index (χ1n) is 3.52. The number of nitrogens with zero attached hydrogens (tertiary/aromatic N) is 4. The molecule has 0 saturated carbocycles. The highest BCUT2D eigenvalue weighted by Crippen LogP contribution is 1.97. The van der Waals surface area contributed by atoms with Crippen LogP contribution in [0, 0.1) is 0 Å². The Hall–Kier alpha value is -1.56. The molecule has 2 aromatic rings. The molecule has 2 aromatic heterocycles. The number of aromatic nitrogens is 4. The number of hydrogen-bond acceptors (Lipinski definition) is 4. The van der Waals surface area contributed by atoms with E-state index in [-0.39, 0.29) is 13.2 Å². The van der Waals surface area contributed by atoms with Gasteiger partial charge in [-0.15, -0.1) is 5.10 Å². The Morgan fingerprint density at radius 1 is 1.50 bits per heavy atom. The molecule has 1 N–H and O–H groups in total. The average Bonchev–Trinajstić information content (AvgIpc) is 2.62. The Morgan fingerprint density at radius 3 is 3.25 bits per heavy atom. The molecule has 6 nitrogen and oxygen atoms in total. The number of aliphatic hydroxyl groups is 1. The Kier molecular flexibility index (Phi) is 1.67. The van der Waals surface area contributed by atoms with E-state index in [0.29, 0.717) is 0 Å². The lowest BCUT2D eigenvalue weighted by Crippen LogP contribution is -2.20. The highest BCUT2D eigenvalue weighted by atomic mass is 16.7. The van der Waals surface area contributed by atoms with E-state index >= 15 is 0 Å². The minimum Gasteiger partial charge on any atom is -0.393 e. The fraction of sp³-hybridized carbons (Fsp3) is 0.333. The van der Waals surface area contributed by atoms with Gasteiger partial charge in [-0.1, -0.05) is 0 Å². The van der Waals surface area contributed by atoms with Crippen LogP contribution in [0.25, 0.3) is 5.52 Å². The second-order valence-electron chi connectivity index (χ2n) is 2.22. The van der Waals surface area contributed by atoms with E-state index in [4.69, 9.17) is 9.94 Å². The van der Waals surface area contributed by atoms with E-state index < -0.39 is 0 Å². The minimum absolute atomic E-state index is 0.0317. The largest absolute Gasteiger partial charge is 0.393 e. The molecule has 0 aliphatic rings. The van der Waals surface area contributed by atoms with Gasteiger partial charge in [0.2, 0.25) is 0 Å². The molecule has 0 radical (unpaired) electrons. The van der Waals surface area contributed by atoms with Crippen LogP contribution in [0.1, 0.15) is 0 Å². The summed E-state index contributed by atoms with van der Waals surface area (Å²) in [6.45, 7) is 0.186. The van der Waals surface area contributed by atoms with E-state index in [1.165, 1.54) is 4.96 Å². The smallest absolute Gasteiger partial charge is 0.141 e. The molecule has 2 heterocycles. The van der Waals surface area contributed by atoms with Gasteiger partial charge in [0, 0.05) is 0 Å². The summed E-state index contributed by atoms with van der Waals surface area (Å²) in [6.07, 6.45) is 4.88. The van der Waals surface area contributed by atoms with Gasteiger partial charge in [-0.25, -0.2) is 4.98 Å². The van der Waals surface area contributed by atoms with Crippen molar-refractivity contribution >= 4 is 5.52 Å². The topological polar surface area (TPSA) is 64.6 Å². The third-order valence-electron chi connectivity index (χ3n) is 1.42. The van der Waals surface area contributed by atoms with Gasteiger partial charge in [-0.2, -0.15) is 4.52 Å². The van der Waals surface area contributed by atoms with Crippen LogP contribution in [0.2, 0.25) is 0 Å². The van der Waals surface area contributed by atoms with Gasteiger partial charge in [-0.05, 0) is 4.96 Å². The molecule has 0 atom stereocenters. The van der Waals surface area contributed by atoms with Crippen LogP contribution in [0.3, 0.4) is 0 Å². The van der Waals surface area contributed by atoms with Crippen LogP contribution in [-0.4, -0.2) is 37.9 Å². The summed E-state index contributed by atoms with van der Waals surface area (Å²) in [5.74, 6) is 0. The van der Waals surface area contributed by atoms with Crippen molar-refractivity contribution in [2.75, 3.05) is 13.2 Å². The van der Waals surface area contributed by atoms with Crippen molar-refractivity contribution in [2.45, 2.75) is 0 Å². The van der Waals surface area contributed by atoms with Crippen molar-refractivity contribution < 1.29 is 9.94 Å². The maximum absolute atomic E-state index is 8.50. The molecular weight excluding hydrogens is 160 g/mol. The minimum atomic E-state index is -0.0317. The molecule has 0 spiro atoms. The van der Waals surface area contributed by atoms with Gasteiger partial charge >= 0.3 is 0 Å². The van der Waals surface area contributed by atoms with Crippen molar-refractivity contribution in [1.29, 1.82) is 0 Å². The maximum Gasteiger partial charge on any atom is 0.141 e. The van der Waals surface area contributed by atoms with Gasteiger partial charge in [0.1, 0.15) is 18.5 Å². The second kappa shape index (κ2) is 2.82. The van der Waals surface area contributed by atoms with Crippen molar-refractivity contribution in [1.82, 2.24) is 19.6 Å². The molecular formula is C6H8N4O2. The van der Waals surface area contributed by atoms with E-state index in [2.05, 4.69) is 10.1 Å². The highest BCUT2D eigenvalue weighted by molar-refractivity contribution is 5.39. The normalized spacial score (nSPS) is 10.8. The monoisotopic (exact) mass is 168 g/mol. The summed E-state index contributed by atoms with van der Waals surface area (Å²) >= 11 is 0. The van der Waals surface area contributed by atoms with Crippen molar-refractivity contribution in [2.24, 2.45) is 0 Å². The fourth-order valence-electron chi connectivity index (χ4n) is 0.916. The number of aliphatic hydroxyl groups excluding tert-OH is 1. The number of hydrogen-bond donors (Lipinski definition) is 1. The lowest BCUT2D eigenvalue weighted by atomic mass is 10.7. The van der Waals surface area contributed by atoms with Gasteiger partial charge in [0.15, 0.2) is 0 Å². The van der Waals surface area contributed by atoms with E-state index in [1.807, 2.05) is 0 Å². The number of rotatable bonds is 3. The predicted molar refractivity (Wildman–Crippen MR) is 39.5 cm³/mol. The quantitative estimate of drug-likeness (QED) is 0.635. The van der Waals surface area contributed by atoms with E-state index in [9.17, 15) is 0 Å². The van der Waals surface area contributed by atoms with Crippen LogP contribution < -0.4 is 4.84 Å². The van der Waals surface area contributed by atoms with Gasteiger partial charge in [-0.3, -0.25) is 0 Å². The zero-order valence-corrected chi connectivity index (χ0v) is 6.29. The number of imidazole rings is 1. The average molecular weight is 168 g/mol. The molecule has 0 aromatic carbocycles. The van der Waals surface area contributed by atoms with Crippen LogP contribution in [0.4, 0.5) is 0 Å². The summed E-state index contributed by atoms with van der Waals surface area (Å²) in [5, 5.41) is 12.4. The Morgan fingerprint density at radius 2 is 2.42 bits per heavy atom. The molecule has 0 bridgehead atoms. The van der Waals surface area contributed by atoms with Crippen molar-refractivity contribution in [3.8, 4) is 0 Å². The van der Waals surface area contributed by atoms with Crippen LogP contribution in [-0.2, 0) is 0 Å². The molecule has 0 aliphatic carbocycles. The molecule has 0 unspecified atom stereocenters. The molecule has 0 aliphatic heterocycles. The molecule has 0 amide bonds. The summed E-state index contributed by atoms with van der Waals surface area (Å²) in [6, 6.07) is 0. The van der Waals surface area contributed by atoms with E-state index in [0.717, 1.165) is 5.52 Å². The summed E-state index contributed by atoms with van der Waals surface area (Å²) in [7, 11) is 0. The lowest BCUT2D eigenvalue weighted by Gasteiger charge is -2.02. The van der Waals surface area contributed by atoms with Gasteiger partial charge in [0.05, 0.1) is 19.0 Å². The SMILES string of the molecule is OCCOn1ncc2cncn21. The first-order valence-corrected chi connectivity index (χ1v) is 3.52. The van der Waals surface area contributed by atoms with Crippen LogP contribution >= 0.6 is 0 Å². The number of fused-ring (bicyclic) bond motifs is 1. The highest BCUT2D eigenvalue weighted by Gasteiger charge is 2.00. The second-order valence-corrected chi connectivity index (χ2v) is 2.22. The Bertz CT molecular complexity index is 366. The zero-order chi connectivity index (χ0) is 8.39. The molecule has 6 heteroatoms. The van der Waals surface area contributed by atoms with Crippen LogP contribution in [0.15, 0.2) is 18.7 Å². The van der Waals surface area contributed by atoms with E-state index in [1.54, 1.807) is 23.2 Å². The van der Waals surface area contributed by atoms with Crippen LogP contribution in [0.5, 0.6) is 0 Å². The first-order chi connectivity index (χ1) is 5.92. The first kappa shape index (κ1) is 7.11. The van der Waals surface area contributed by atoms with Crippen molar-refractivity contribution in [3.63, 3.8) is 0 Å². The Balaban J connectivity index is 2.28. The summed E-state index contributed by atoms with van der Waals surface area (Å²) < 4.78 is 1.63. The lowest BCUT2D eigenvalue weighted by molar-refractivity contribution is 0.0231. The summed E-state index contributed by atoms with van der Waals surface area (Å²) in [4.78, 5) is 10.2. The molecule has 12 heavy (non-hydrogen) atoms. The van der Waals surface area contributed by atoms with Crippen molar-refractivity contribution in [3.05, 3.63) is 18.7 Å². The molecule has 0 fully saturated rings. The summed E-state index contributed by atoms with van der Waals surface area (Å²) in [5.41, 5.74) is 0.855.